The predicted molar refractivity (Wildman–Crippen MR) is 74.2 cm³/mol. The van der Waals surface area contributed by atoms with Crippen molar-refractivity contribution in [2.75, 3.05) is 0 Å². The van der Waals surface area contributed by atoms with Gasteiger partial charge in [-0.05, 0) is 12.1 Å². The Hall–Kier alpha value is -3.28. The van der Waals surface area contributed by atoms with Gasteiger partial charge in [-0.3, -0.25) is 29.3 Å². The molecule has 0 N–H and O–H groups in total. The highest BCUT2D eigenvalue weighted by molar-refractivity contribution is 7.87. The van der Waals surface area contributed by atoms with Crippen LogP contribution in [0.5, 0.6) is 0 Å². The highest BCUT2D eigenvalue weighted by Crippen LogP contribution is 2.28. The summed E-state index contributed by atoms with van der Waals surface area (Å²) in [6.07, 6.45) is 0.997. The molecule has 0 bridgehead atoms. The molecule has 120 valence electrons. The largest absolute Gasteiger partial charge is 0.364 e. The van der Waals surface area contributed by atoms with E-state index in [9.17, 15) is 33.4 Å². The lowest BCUT2D eigenvalue weighted by molar-refractivity contribution is -0.396. The fraction of sp³-hybridized carbons (Fsp3) is 0. The third-order valence-electron chi connectivity index (χ3n) is 2.59. The van der Waals surface area contributed by atoms with Crippen molar-refractivity contribution in [1.82, 2.24) is 4.73 Å². The van der Waals surface area contributed by atoms with Gasteiger partial charge in [0.2, 0.25) is 0 Å². The SMILES string of the molecule is O=c1ccccn1OS(=O)(=O)c1ccc([N+](=O)[O-])cc1[N+](=O)[O-]. The van der Waals surface area contributed by atoms with Crippen molar-refractivity contribution >= 4 is 21.5 Å². The first kappa shape index (κ1) is 16.1. The van der Waals surface area contributed by atoms with Gasteiger partial charge in [-0.25, -0.2) is 0 Å². The summed E-state index contributed by atoms with van der Waals surface area (Å²) in [7, 11) is -4.76. The fourth-order valence-corrected chi connectivity index (χ4v) is 2.63. The zero-order chi connectivity index (χ0) is 17.2. The van der Waals surface area contributed by atoms with Crippen molar-refractivity contribution in [2.45, 2.75) is 4.90 Å². The number of nitro benzene ring substituents is 2. The van der Waals surface area contributed by atoms with Crippen LogP contribution in [0.4, 0.5) is 11.4 Å². The molecule has 12 heteroatoms. The first-order chi connectivity index (χ1) is 10.7. The van der Waals surface area contributed by atoms with E-state index in [0.717, 1.165) is 18.3 Å². The van der Waals surface area contributed by atoms with Crippen LogP contribution in [0.15, 0.2) is 52.3 Å². The quantitative estimate of drug-likeness (QED) is 0.562. The number of nitro groups is 2. The summed E-state index contributed by atoms with van der Waals surface area (Å²) in [6.45, 7) is 0. The highest BCUT2D eigenvalue weighted by atomic mass is 32.2. The minimum absolute atomic E-state index is 0.362. The molecule has 0 fully saturated rings. The van der Waals surface area contributed by atoms with Crippen LogP contribution in [-0.2, 0) is 10.1 Å². The highest BCUT2D eigenvalue weighted by Gasteiger charge is 2.30. The first-order valence-corrected chi connectivity index (χ1v) is 7.19. The predicted octanol–water partition coefficient (Wildman–Crippen LogP) is 0.482. The number of non-ortho nitro benzene ring substituents is 1. The van der Waals surface area contributed by atoms with Gasteiger partial charge in [0.15, 0.2) is 4.90 Å². The maximum Gasteiger partial charge on any atom is 0.364 e. The molecule has 1 heterocycles. The molecule has 0 atom stereocenters. The number of nitrogens with zero attached hydrogens (tertiary/aromatic N) is 3. The van der Waals surface area contributed by atoms with Crippen LogP contribution in [-0.4, -0.2) is 23.0 Å². The molecule has 0 radical (unpaired) electrons. The van der Waals surface area contributed by atoms with Gasteiger partial charge in [-0.15, -0.1) is 4.73 Å². The van der Waals surface area contributed by atoms with Gasteiger partial charge in [0.1, 0.15) is 0 Å². The summed E-state index contributed by atoms with van der Waals surface area (Å²) < 4.78 is 29.1. The minimum atomic E-state index is -4.76. The van der Waals surface area contributed by atoms with Gasteiger partial charge in [0.25, 0.3) is 16.9 Å². The van der Waals surface area contributed by atoms with Gasteiger partial charge in [-0.2, -0.15) is 8.42 Å². The lowest BCUT2D eigenvalue weighted by atomic mass is 10.3. The van der Waals surface area contributed by atoms with Crippen LogP contribution in [0.25, 0.3) is 0 Å². The topological polar surface area (TPSA) is 152 Å². The molecular weight excluding hydrogens is 334 g/mol. The first-order valence-electron chi connectivity index (χ1n) is 5.78. The normalized spacial score (nSPS) is 11.0. The van der Waals surface area contributed by atoms with E-state index in [4.69, 9.17) is 0 Å². The third kappa shape index (κ3) is 3.32. The Labute approximate surface area is 127 Å². The minimum Gasteiger partial charge on any atom is -0.281 e. The van der Waals surface area contributed by atoms with Crippen LogP contribution >= 0.6 is 0 Å². The summed E-state index contributed by atoms with van der Waals surface area (Å²) in [4.78, 5) is 30.1. The lowest BCUT2D eigenvalue weighted by Gasteiger charge is -2.08. The molecule has 0 saturated heterocycles. The number of pyridine rings is 1. The van der Waals surface area contributed by atoms with E-state index in [1.807, 2.05) is 0 Å². The molecule has 1 aromatic heterocycles. The molecule has 1 aromatic carbocycles. The molecule has 0 amide bonds. The summed E-state index contributed by atoms with van der Waals surface area (Å²) >= 11 is 0. The Kier molecular flexibility index (Phi) is 4.09. The van der Waals surface area contributed by atoms with Gasteiger partial charge in [0.05, 0.1) is 15.9 Å². The average Bonchev–Trinajstić information content (AvgIpc) is 2.48. The number of hydrogen-bond donors (Lipinski definition) is 0. The molecule has 0 spiro atoms. The van der Waals surface area contributed by atoms with E-state index in [2.05, 4.69) is 4.28 Å². The molecule has 0 aliphatic heterocycles. The second-order valence-corrected chi connectivity index (χ2v) is 5.56. The van der Waals surface area contributed by atoms with Crippen molar-refractivity contribution in [2.24, 2.45) is 0 Å². The van der Waals surface area contributed by atoms with Crippen molar-refractivity contribution in [3.63, 3.8) is 0 Å². The smallest absolute Gasteiger partial charge is 0.281 e. The van der Waals surface area contributed by atoms with Crippen molar-refractivity contribution in [3.05, 3.63) is 73.2 Å². The molecule has 0 aliphatic carbocycles. The monoisotopic (exact) mass is 341 g/mol. The van der Waals surface area contributed by atoms with Gasteiger partial charge < -0.3 is 0 Å². The van der Waals surface area contributed by atoms with E-state index in [1.165, 1.54) is 12.1 Å². The second-order valence-electron chi connectivity index (χ2n) is 4.06. The van der Waals surface area contributed by atoms with Crippen LogP contribution in [0.2, 0.25) is 0 Å². The van der Waals surface area contributed by atoms with E-state index in [-0.39, 0.29) is 0 Å². The number of hydrogen-bond acceptors (Lipinski definition) is 8. The van der Waals surface area contributed by atoms with E-state index in [1.54, 1.807) is 0 Å². The Morgan fingerprint density at radius 3 is 2.30 bits per heavy atom. The molecule has 2 aromatic rings. The molecule has 2 rings (SSSR count). The van der Waals surface area contributed by atoms with Crippen molar-refractivity contribution < 1.29 is 22.5 Å². The molecule has 23 heavy (non-hydrogen) atoms. The Bertz CT molecular complexity index is 950. The third-order valence-corrected chi connectivity index (χ3v) is 3.83. The van der Waals surface area contributed by atoms with Crippen molar-refractivity contribution in [1.29, 1.82) is 0 Å². The number of benzene rings is 1. The van der Waals surface area contributed by atoms with Crippen LogP contribution in [0.3, 0.4) is 0 Å². The number of aromatic nitrogens is 1. The molecule has 0 aliphatic rings. The molecule has 0 unspecified atom stereocenters. The van der Waals surface area contributed by atoms with Crippen LogP contribution < -0.4 is 9.84 Å². The average molecular weight is 341 g/mol. The Morgan fingerprint density at radius 2 is 1.74 bits per heavy atom. The zero-order valence-electron chi connectivity index (χ0n) is 11.1. The maximum atomic E-state index is 12.1. The fourth-order valence-electron chi connectivity index (χ4n) is 1.59. The van der Waals surface area contributed by atoms with Gasteiger partial charge >= 0.3 is 10.1 Å². The maximum absolute atomic E-state index is 12.1. The summed E-state index contributed by atoms with van der Waals surface area (Å²) in [5.74, 6) is 0. The van der Waals surface area contributed by atoms with E-state index in [0.29, 0.717) is 16.9 Å². The van der Waals surface area contributed by atoms with E-state index < -0.39 is 41.8 Å². The zero-order valence-corrected chi connectivity index (χ0v) is 11.9. The molecule has 0 saturated carbocycles. The lowest BCUT2D eigenvalue weighted by Crippen LogP contribution is -2.30. The van der Waals surface area contributed by atoms with E-state index >= 15 is 0 Å². The Morgan fingerprint density at radius 1 is 1.04 bits per heavy atom. The number of rotatable bonds is 5. The van der Waals surface area contributed by atoms with Crippen LogP contribution in [0.1, 0.15) is 0 Å². The van der Waals surface area contributed by atoms with Crippen LogP contribution in [0, 0.1) is 20.2 Å². The molecular formula is C11H7N3O8S. The molecule has 11 nitrogen and oxygen atoms in total. The van der Waals surface area contributed by atoms with Gasteiger partial charge in [0, 0.05) is 18.3 Å². The summed E-state index contributed by atoms with van der Waals surface area (Å²) in [5.41, 5.74) is -2.52. The van der Waals surface area contributed by atoms with Gasteiger partial charge in [-0.1, -0.05) is 6.07 Å². The summed E-state index contributed by atoms with van der Waals surface area (Å²) in [5, 5.41) is 21.6. The summed E-state index contributed by atoms with van der Waals surface area (Å²) in [6, 6.07) is 5.59. The standard InChI is InChI=1S/C11H7N3O8S/c15-11-3-1-2-6-12(11)22-23(20,21)10-5-4-8(13(16)17)7-9(10)14(18)19/h1-7H. The van der Waals surface area contributed by atoms with Crippen molar-refractivity contribution in [3.8, 4) is 0 Å². The second kappa shape index (κ2) is 5.84. The Balaban J connectivity index is 2.56.